The van der Waals surface area contributed by atoms with E-state index in [2.05, 4.69) is 29.1 Å². The molecule has 27 heavy (non-hydrogen) atoms. The fraction of sp³-hybridized carbons (Fsp3) is 0.273. The van der Waals surface area contributed by atoms with Gasteiger partial charge < -0.3 is 19.6 Å². The molecule has 148 valence electrons. The topological polar surface area (TPSA) is 35.9 Å². The number of nitrogens with zero attached hydrogens (tertiary/aromatic N) is 2. The Morgan fingerprint density at radius 3 is 1.78 bits per heavy atom. The van der Waals surface area contributed by atoms with Gasteiger partial charge in [-0.3, -0.25) is 0 Å². The number of phenols is 1. The number of anilines is 2. The Kier molecular flexibility index (Phi) is 13.4. The van der Waals surface area contributed by atoms with Crippen molar-refractivity contribution in [2.24, 2.45) is 0 Å². The number of hydrogen-bond acceptors (Lipinski definition) is 4. The molecule has 0 unspecified atom stereocenters. The van der Waals surface area contributed by atoms with E-state index in [0.29, 0.717) is 12.4 Å². The van der Waals surface area contributed by atoms with Gasteiger partial charge in [-0.05, 0) is 24.3 Å². The summed E-state index contributed by atoms with van der Waals surface area (Å²) in [5, 5.41) is 10.1. The molecule has 4 nitrogen and oxygen atoms in total. The van der Waals surface area contributed by atoms with Crippen molar-refractivity contribution < 1.29 is 9.84 Å². The molecule has 0 saturated carbocycles. The minimum Gasteiger partial charge on any atom is -0.506 e. The Morgan fingerprint density at radius 2 is 1.37 bits per heavy atom. The van der Waals surface area contributed by atoms with Gasteiger partial charge in [0, 0.05) is 33.5 Å². The Bertz CT molecular complexity index is 673. The molecule has 0 aliphatic rings. The van der Waals surface area contributed by atoms with Gasteiger partial charge in [-0.1, -0.05) is 58.9 Å². The Labute approximate surface area is 172 Å². The zero-order valence-corrected chi connectivity index (χ0v) is 18.3. The van der Waals surface area contributed by atoms with Crippen molar-refractivity contribution in [3.8, 4) is 11.5 Å². The molecule has 0 atom stereocenters. The lowest BCUT2D eigenvalue weighted by Gasteiger charge is -2.16. The molecule has 0 spiro atoms. The van der Waals surface area contributed by atoms with Crippen LogP contribution in [0.5, 0.6) is 11.5 Å². The summed E-state index contributed by atoms with van der Waals surface area (Å²) < 4.78 is 5.49. The maximum Gasteiger partial charge on any atom is 0.143 e. The normalized spacial score (nSPS) is 8.93. The molecule has 0 aliphatic carbocycles. The Morgan fingerprint density at radius 1 is 0.889 bits per heavy atom. The zero-order chi connectivity index (χ0) is 20.7. The smallest absolute Gasteiger partial charge is 0.143 e. The van der Waals surface area contributed by atoms with Crippen LogP contribution >= 0.6 is 15.9 Å². The number of phenolic OH excluding ortho intramolecular Hbond substituents is 1. The van der Waals surface area contributed by atoms with Gasteiger partial charge in [0.05, 0.1) is 11.4 Å². The van der Waals surface area contributed by atoms with E-state index in [0.717, 1.165) is 22.5 Å². The highest BCUT2D eigenvalue weighted by molar-refractivity contribution is 9.09. The van der Waals surface area contributed by atoms with Crippen molar-refractivity contribution in [1.82, 2.24) is 0 Å². The fourth-order valence-corrected chi connectivity index (χ4v) is 1.94. The van der Waals surface area contributed by atoms with E-state index in [1.807, 2.05) is 80.5 Å². The van der Waals surface area contributed by atoms with Crippen molar-refractivity contribution in [3.63, 3.8) is 0 Å². The first kappa shape index (κ1) is 24.6. The number of allylic oxidation sites excluding steroid dienone is 1. The highest BCUT2D eigenvalue weighted by Gasteiger charge is 2.02. The zero-order valence-electron chi connectivity index (χ0n) is 16.7. The first-order valence-electron chi connectivity index (χ1n) is 8.51. The highest BCUT2D eigenvalue weighted by Crippen LogP contribution is 2.25. The Balaban J connectivity index is 0.000000428. The average molecular weight is 435 g/mol. The van der Waals surface area contributed by atoms with Crippen molar-refractivity contribution in [2.45, 2.75) is 0 Å². The summed E-state index contributed by atoms with van der Waals surface area (Å²) in [6.07, 6.45) is 3.53. The molecular formula is C22H31BrN2O2. The monoisotopic (exact) mass is 434 g/mol. The summed E-state index contributed by atoms with van der Waals surface area (Å²) in [6, 6.07) is 15.2. The third-order valence-electron chi connectivity index (χ3n) is 3.18. The van der Waals surface area contributed by atoms with E-state index in [1.54, 1.807) is 18.2 Å². The molecule has 0 aromatic heterocycles. The van der Waals surface area contributed by atoms with Gasteiger partial charge in [0.15, 0.2) is 0 Å². The molecule has 5 heteroatoms. The molecule has 0 bridgehead atoms. The number of rotatable bonds is 6. The largest absolute Gasteiger partial charge is 0.506 e. The van der Waals surface area contributed by atoms with E-state index in [4.69, 9.17) is 4.74 Å². The lowest BCUT2D eigenvalue weighted by atomic mass is 10.3. The van der Waals surface area contributed by atoms with Crippen LogP contribution in [0.25, 0.3) is 0 Å². The van der Waals surface area contributed by atoms with Gasteiger partial charge in [0.1, 0.15) is 18.1 Å². The van der Waals surface area contributed by atoms with E-state index >= 15 is 0 Å². The SMILES string of the molecule is C=CCBr.C=CCOc1ccccc1N(C)C.CN(C)c1ccccc1O. The maximum absolute atomic E-state index is 9.24. The Hall–Kier alpha value is -2.40. The lowest BCUT2D eigenvalue weighted by molar-refractivity contribution is 0.364. The number of halogens is 1. The molecule has 1 N–H and O–H groups in total. The molecule has 2 aromatic carbocycles. The predicted molar refractivity (Wildman–Crippen MR) is 123 cm³/mol. The van der Waals surface area contributed by atoms with E-state index in [-0.39, 0.29) is 0 Å². The molecule has 0 saturated heterocycles. The minimum atomic E-state index is 0.326. The molecule has 0 radical (unpaired) electrons. The van der Waals surface area contributed by atoms with Crippen LogP contribution in [-0.4, -0.2) is 45.2 Å². The molecule has 0 aliphatic heterocycles. The number of alkyl halides is 1. The van der Waals surface area contributed by atoms with Crippen LogP contribution in [-0.2, 0) is 0 Å². The second kappa shape index (κ2) is 14.7. The van der Waals surface area contributed by atoms with Crippen molar-refractivity contribution >= 4 is 27.3 Å². The highest BCUT2D eigenvalue weighted by atomic mass is 79.9. The summed E-state index contributed by atoms with van der Waals surface area (Å²) in [5.41, 5.74) is 1.94. The summed E-state index contributed by atoms with van der Waals surface area (Å²) >= 11 is 3.13. The summed E-state index contributed by atoms with van der Waals surface area (Å²) in [4.78, 5) is 3.90. The van der Waals surface area contributed by atoms with Gasteiger partial charge in [-0.15, -0.1) is 6.58 Å². The number of ether oxygens (including phenoxy) is 1. The van der Waals surface area contributed by atoms with Crippen molar-refractivity contribution in [2.75, 3.05) is 49.9 Å². The van der Waals surface area contributed by atoms with Crippen LogP contribution < -0.4 is 14.5 Å². The van der Waals surface area contributed by atoms with Gasteiger partial charge in [-0.25, -0.2) is 0 Å². The van der Waals surface area contributed by atoms with Crippen LogP contribution in [0.1, 0.15) is 0 Å². The lowest BCUT2D eigenvalue weighted by Crippen LogP contribution is -2.10. The first-order valence-corrected chi connectivity index (χ1v) is 9.63. The van der Waals surface area contributed by atoms with Crippen molar-refractivity contribution in [3.05, 3.63) is 73.8 Å². The molecule has 2 aromatic rings. The first-order chi connectivity index (χ1) is 12.9. The summed E-state index contributed by atoms with van der Waals surface area (Å²) in [6.45, 7) is 7.59. The van der Waals surface area contributed by atoms with Crippen LogP contribution in [0, 0.1) is 0 Å². The second-order valence-electron chi connectivity index (χ2n) is 5.79. The minimum absolute atomic E-state index is 0.326. The van der Waals surface area contributed by atoms with Crippen molar-refractivity contribution in [1.29, 1.82) is 0 Å². The van der Waals surface area contributed by atoms with E-state index < -0.39 is 0 Å². The summed E-state index contributed by atoms with van der Waals surface area (Å²) in [5.74, 6) is 1.22. The van der Waals surface area contributed by atoms with Gasteiger partial charge >= 0.3 is 0 Å². The van der Waals surface area contributed by atoms with Crippen LogP contribution in [0.4, 0.5) is 11.4 Å². The summed E-state index contributed by atoms with van der Waals surface area (Å²) in [7, 11) is 7.79. The third-order valence-corrected chi connectivity index (χ3v) is 3.63. The molecule has 0 amide bonds. The maximum atomic E-state index is 9.24. The third kappa shape index (κ3) is 10.4. The van der Waals surface area contributed by atoms with Crippen LogP contribution in [0.2, 0.25) is 0 Å². The molecule has 2 rings (SSSR count). The predicted octanol–water partition coefficient (Wildman–Crippen LogP) is 5.34. The fourth-order valence-electron chi connectivity index (χ4n) is 1.94. The number of benzene rings is 2. The van der Waals surface area contributed by atoms with Gasteiger partial charge in [0.2, 0.25) is 0 Å². The molecular weight excluding hydrogens is 404 g/mol. The molecule has 0 heterocycles. The van der Waals surface area contributed by atoms with Gasteiger partial charge in [0.25, 0.3) is 0 Å². The standard InChI is InChI=1S/C11H15NO.C8H11NO.C3H5Br/c1-4-9-13-11-8-6-5-7-10(11)12(2)3;1-9(2)7-5-3-4-6-8(7)10;1-2-3-4/h4-8H,1,9H2,2-3H3;3-6,10H,1-2H3;2H,1,3H2. The quantitative estimate of drug-likeness (QED) is 0.491. The number of para-hydroxylation sites is 4. The number of hydrogen-bond donors (Lipinski definition) is 1. The van der Waals surface area contributed by atoms with E-state index in [9.17, 15) is 5.11 Å². The van der Waals surface area contributed by atoms with Crippen LogP contribution in [0.3, 0.4) is 0 Å². The van der Waals surface area contributed by atoms with E-state index in [1.165, 1.54) is 0 Å². The van der Waals surface area contributed by atoms with Crippen LogP contribution in [0.15, 0.2) is 73.8 Å². The second-order valence-corrected chi connectivity index (χ2v) is 6.44. The van der Waals surface area contributed by atoms with Gasteiger partial charge in [-0.2, -0.15) is 0 Å². The average Bonchev–Trinajstić information content (AvgIpc) is 2.67. The molecule has 0 fully saturated rings. The number of aromatic hydroxyl groups is 1.